The summed E-state index contributed by atoms with van der Waals surface area (Å²) < 4.78 is 18.7. The van der Waals surface area contributed by atoms with Gasteiger partial charge >= 0.3 is 6.03 Å². The van der Waals surface area contributed by atoms with Gasteiger partial charge in [0.1, 0.15) is 11.5 Å². The molecule has 9 heteroatoms. The number of rotatable bonds is 10. The van der Waals surface area contributed by atoms with Crippen molar-refractivity contribution in [3.05, 3.63) is 125 Å². The number of anilines is 1. The fourth-order valence-electron chi connectivity index (χ4n) is 5.68. The highest BCUT2D eigenvalue weighted by molar-refractivity contribution is 5.89. The van der Waals surface area contributed by atoms with Gasteiger partial charge in [-0.05, 0) is 59.5 Å². The molecule has 4 aromatic carbocycles. The van der Waals surface area contributed by atoms with Gasteiger partial charge in [0.2, 0.25) is 0 Å². The van der Waals surface area contributed by atoms with Crippen molar-refractivity contribution < 1.29 is 29.2 Å². The molecule has 0 aliphatic carbocycles. The number of β-amino-alcohol motifs (C(OH)–C–C–N with tert-alkyl or cyclic N) is 1. The first-order valence-electron chi connectivity index (χ1n) is 15.4. The maximum absolute atomic E-state index is 12.6. The van der Waals surface area contributed by atoms with E-state index in [4.69, 9.17) is 14.2 Å². The fourth-order valence-corrected chi connectivity index (χ4v) is 5.68. The summed E-state index contributed by atoms with van der Waals surface area (Å²) in [6, 6.07) is 32.1. The van der Waals surface area contributed by atoms with Crippen molar-refractivity contribution in [3.63, 3.8) is 0 Å². The number of para-hydroxylation sites is 1. The number of amides is 2. The first-order valence-corrected chi connectivity index (χ1v) is 15.4. The molecule has 0 saturated carbocycles. The Morgan fingerprint density at radius 1 is 0.844 bits per heavy atom. The minimum atomic E-state index is -0.557. The molecule has 4 atom stereocenters. The number of aliphatic hydroxyl groups is 2. The minimum Gasteiger partial charge on any atom is -0.457 e. The summed E-state index contributed by atoms with van der Waals surface area (Å²) in [5.74, 6) is 1.44. The van der Waals surface area contributed by atoms with Crippen LogP contribution in [0, 0.1) is 0 Å². The van der Waals surface area contributed by atoms with E-state index in [0.717, 1.165) is 47.5 Å². The van der Waals surface area contributed by atoms with E-state index in [1.54, 1.807) is 12.1 Å². The van der Waals surface area contributed by atoms with Gasteiger partial charge in [-0.25, -0.2) is 4.79 Å². The smallest absolute Gasteiger partial charge is 0.319 e. The van der Waals surface area contributed by atoms with Gasteiger partial charge in [-0.2, -0.15) is 0 Å². The predicted molar refractivity (Wildman–Crippen MR) is 171 cm³/mol. The van der Waals surface area contributed by atoms with Gasteiger partial charge in [0.15, 0.2) is 6.29 Å². The molecule has 0 radical (unpaired) electrons. The average Bonchev–Trinajstić information content (AvgIpc) is 3.49. The third kappa shape index (κ3) is 8.48. The maximum Gasteiger partial charge on any atom is 0.319 e. The summed E-state index contributed by atoms with van der Waals surface area (Å²) in [5.41, 5.74) is 4.39. The number of carbonyl (C=O) groups excluding carboxylic acids is 1. The third-order valence-corrected chi connectivity index (χ3v) is 8.12. The molecule has 6 rings (SSSR count). The monoisotopic (exact) mass is 609 g/mol. The second kappa shape index (κ2) is 14.7. The van der Waals surface area contributed by atoms with E-state index in [1.165, 1.54) is 0 Å². The number of benzene rings is 4. The van der Waals surface area contributed by atoms with Crippen LogP contribution in [0.5, 0.6) is 11.5 Å². The van der Waals surface area contributed by atoms with E-state index in [1.807, 2.05) is 91.0 Å². The number of hydrogen-bond donors (Lipinski definition) is 4. The lowest BCUT2D eigenvalue weighted by molar-refractivity contribution is -0.252. The summed E-state index contributed by atoms with van der Waals surface area (Å²) in [4.78, 5) is 14.8. The highest BCUT2D eigenvalue weighted by atomic mass is 16.7. The molecule has 0 aromatic heterocycles. The number of hydrogen-bond acceptors (Lipinski definition) is 7. The zero-order valence-electron chi connectivity index (χ0n) is 25.0. The normalized spacial score (nSPS) is 21.7. The quantitative estimate of drug-likeness (QED) is 0.177. The molecule has 2 amide bonds. The van der Waals surface area contributed by atoms with Crippen molar-refractivity contribution in [2.24, 2.45) is 0 Å². The second-order valence-electron chi connectivity index (χ2n) is 11.5. The summed E-state index contributed by atoms with van der Waals surface area (Å²) in [5, 5.41) is 25.2. The van der Waals surface area contributed by atoms with Crippen LogP contribution < -0.4 is 15.4 Å². The number of ether oxygens (including phenoxy) is 3. The van der Waals surface area contributed by atoms with E-state index in [2.05, 4.69) is 15.5 Å². The van der Waals surface area contributed by atoms with Crippen molar-refractivity contribution in [1.82, 2.24) is 10.2 Å². The molecular formula is C36H39N3O6. The van der Waals surface area contributed by atoms with Gasteiger partial charge in [-0.3, -0.25) is 4.90 Å². The molecule has 2 saturated heterocycles. The van der Waals surface area contributed by atoms with Crippen LogP contribution in [-0.2, 0) is 22.6 Å². The molecule has 2 fully saturated rings. The average molecular weight is 610 g/mol. The van der Waals surface area contributed by atoms with Gasteiger partial charge in [0.25, 0.3) is 0 Å². The number of urea groups is 1. The first kappa shape index (κ1) is 30.8. The Labute approximate surface area is 263 Å². The first-order chi connectivity index (χ1) is 22.0. The van der Waals surface area contributed by atoms with Gasteiger partial charge in [0, 0.05) is 43.9 Å². The Morgan fingerprint density at radius 3 is 2.22 bits per heavy atom. The van der Waals surface area contributed by atoms with Gasteiger partial charge in [-0.1, -0.05) is 66.7 Å². The number of likely N-dealkylation sites (tertiary alicyclic amines) is 1. The van der Waals surface area contributed by atoms with E-state index < -0.39 is 6.29 Å². The van der Waals surface area contributed by atoms with E-state index in [-0.39, 0.29) is 30.9 Å². The number of carbonyl (C=O) groups is 1. The van der Waals surface area contributed by atoms with Crippen LogP contribution in [-0.4, -0.2) is 53.0 Å². The number of nitrogens with one attached hydrogen (secondary N) is 2. The highest BCUT2D eigenvalue weighted by Crippen LogP contribution is 2.38. The Bertz CT molecular complexity index is 1520. The van der Waals surface area contributed by atoms with Crippen LogP contribution in [0.1, 0.15) is 47.5 Å². The molecule has 0 bridgehead atoms. The minimum absolute atomic E-state index is 0.00195. The largest absolute Gasteiger partial charge is 0.457 e. The molecule has 2 heterocycles. The second-order valence-corrected chi connectivity index (χ2v) is 11.5. The Hall–Kier alpha value is -4.25. The van der Waals surface area contributed by atoms with Crippen LogP contribution in [0.25, 0.3) is 0 Å². The molecule has 2 aliphatic rings. The maximum atomic E-state index is 12.6. The standard InChI is InChI=1S/C36H39N3O6/c40-24-26-8-10-27(11-9-26)34-20-33(23-39-19-18-30(41)22-39)44-35(45-34)28-12-6-25(7-13-28)21-37-36(42)38-29-14-16-32(17-15-29)43-31-4-2-1-3-5-31/h1-17,30,33-35,40-41H,18-24H2,(H2,37,38,42)/t30-,33+,34-,35-/m0/s1. The Morgan fingerprint density at radius 2 is 1.53 bits per heavy atom. The van der Waals surface area contributed by atoms with Crippen molar-refractivity contribution in [2.45, 2.75) is 50.6 Å². The predicted octanol–water partition coefficient (Wildman–Crippen LogP) is 5.90. The number of nitrogens with zero attached hydrogens (tertiary/aromatic N) is 1. The van der Waals surface area contributed by atoms with Crippen molar-refractivity contribution in [3.8, 4) is 11.5 Å². The van der Waals surface area contributed by atoms with Crippen LogP contribution in [0.2, 0.25) is 0 Å². The zero-order valence-corrected chi connectivity index (χ0v) is 25.0. The van der Waals surface area contributed by atoms with Crippen molar-refractivity contribution >= 4 is 11.7 Å². The molecule has 2 aliphatic heterocycles. The third-order valence-electron chi connectivity index (χ3n) is 8.12. The molecule has 4 N–H and O–H groups in total. The lowest BCUT2D eigenvalue weighted by Crippen LogP contribution is -2.38. The van der Waals surface area contributed by atoms with E-state index in [0.29, 0.717) is 30.9 Å². The lowest BCUT2D eigenvalue weighted by atomic mass is 9.99. The molecule has 45 heavy (non-hydrogen) atoms. The van der Waals surface area contributed by atoms with Gasteiger partial charge < -0.3 is 35.1 Å². The lowest BCUT2D eigenvalue weighted by Gasteiger charge is -2.37. The summed E-state index contributed by atoms with van der Waals surface area (Å²) in [7, 11) is 0. The molecule has 0 unspecified atom stereocenters. The van der Waals surface area contributed by atoms with Gasteiger partial charge in [0.05, 0.1) is 24.9 Å². The van der Waals surface area contributed by atoms with Gasteiger partial charge in [-0.15, -0.1) is 0 Å². The molecule has 4 aromatic rings. The van der Waals surface area contributed by atoms with Crippen LogP contribution in [0.4, 0.5) is 10.5 Å². The zero-order chi connectivity index (χ0) is 31.0. The van der Waals surface area contributed by atoms with Crippen LogP contribution >= 0.6 is 0 Å². The SMILES string of the molecule is O=C(NCc1ccc([C@H]2O[C@@H](CN3CC[C@H](O)C3)C[C@@H](c3ccc(CO)cc3)O2)cc1)Nc1ccc(Oc2ccccc2)cc1. The van der Waals surface area contributed by atoms with Crippen LogP contribution in [0.15, 0.2) is 103 Å². The summed E-state index contributed by atoms with van der Waals surface area (Å²) >= 11 is 0. The van der Waals surface area contributed by atoms with E-state index in [9.17, 15) is 15.0 Å². The Kier molecular flexibility index (Phi) is 10.0. The topological polar surface area (TPSA) is 113 Å². The molecule has 234 valence electrons. The fraction of sp³-hybridized carbons (Fsp3) is 0.306. The van der Waals surface area contributed by atoms with Crippen molar-refractivity contribution in [2.75, 3.05) is 25.0 Å². The van der Waals surface area contributed by atoms with Crippen molar-refractivity contribution in [1.29, 1.82) is 0 Å². The number of aliphatic hydroxyl groups excluding tert-OH is 2. The molecule has 9 nitrogen and oxygen atoms in total. The molecule has 0 spiro atoms. The summed E-state index contributed by atoms with van der Waals surface area (Å²) in [6.45, 7) is 2.59. The highest BCUT2D eigenvalue weighted by Gasteiger charge is 2.34. The van der Waals surface area contributed by atoms with E-state index >= 15 is 0 Å². The van der Waals surface area contributed by atoms with Crippen LogP contribution in [0.3, 0.4) is 0 Å². The molecular weight excluding hydrogens is 570 g/mol. The Balaban J connectivity index is 1.04. The summed E-state index contributed by atoms with van der Waals surface area (Å²) in [6.07, 6.45) is 0.395.